The van der Waals surface area contributed by atoms with E-state index in [1.807, 2.05) is 6.20 Å². The number of hydrogen-bond acceptors (Lipinski definition) is 5. The molecule has 2 aromatic rings. The van der Waals surface area contributed by atoms with Gasteiger partial charge in [-0.3, -0.25) is 0 Å². The summed E-state index contributed by atoms with van der Waals surface area (Å²) in [6.45, 7) is 5.78. The Bertz CT molecular complexity index is 584. The summed E-state index contributed by atoms with van der Waals surface area (Å²) in [7, 11) is -1.35. The van der Waals surface area contributed by atoms with E-state index in [9.17, 15) is 0 Å². The second-order valence-electron chi connectivity index (χ2n) is 5.15. The predicted molar refractivity (Wildman–Crippen MR) is 78.6 cm³/mol. The molecule has 1 aliphatic rings. The molecule has 0 unspecified atom stereocenters. The van der Waals surface area contributed by atoms with Gasteiger partial charge in [0.25, 0.3) is 0 Å². The molecule has 1 fully saturated rings. The lowest BCUT2D eigenvalue weighted by Gasteiger charge is -2.35. The maximum atomic E-state index is 4.72. The van der Waals surface area contributed by atoms with Crippen LogP contribution in [0.5, 0.6) is 0 Å². The summed E-state index contributed by atoms with van der Waals surface area (Å²) < 4.78 is 2.56. The number of aromatic nitrogens is 4. The fraction of sp³-hybridized carbons (Fsp3) is 0.538. The molecule has 0 aliphatic carbocycles. The van der Waals surface area contributed by atoms with Crippen LogP contribution in [0.2, 0.25) is 18.1 Å². The van der Waals surface area contributed by atoms with Gasteiger partial charge < -0.3 is 4.57 Å². The van der Waals surface area contributed by atoms with Crippen LogP contribution in [0, 0.1) is 0 Å². The summed E-state index contributed by atoms with van der Waals surface area (Å²) in [5.74, 6) is 1.02. The monoisotopic (exact) mass is 273 g/mol. The quantitative estimate of drug-likeness (QED) is 0.805. The first-order valence-electron chi connectivity index (χ1n) is 6.99. The molecule has 0 radical (unpaired) electrons. The van der Waals surface area contributed by atoms with E-state index < -0.39 is 8.24 Å². The van der Waals surface area contributed by atoms with Crippen LogP contribution < -0.4 is 4.57 Å². The summed E-state index contributed by atoms with van der Waals surface area (Å²) in [4.78, 5) is 17.3. The van der Waals surface area contributed by atoms with Crippen molar-refractivity contribution in [3.05, 3.63) is 18.7 Å². The summed E-state index contributed by atoms with van der Waals surface area (Å²) in [5.41, 5.74) is 1.47. The van der Waals surface area contributed by atoms with E-state index in [1.54, 1.807) is 6.20 Å². The van der Waals surface area contributed by atoms with Crippen LogP contribution in [-0.2, 0) is 0 Å². The molecule has 1 saturated heterocycles. The maximum absolute atomic E-state index is 4.72. The van der Waals surface area contributed by atoms with Gasteiger partial charge in [-0.05, 0) is 24.6 Å². The van der Waals surface area contributed by atoms with Gasteiger partial charge in [0.05, 0.1) is 12.4 Å². The van der Waals surface area contributed by atoms with Crippen molar-refractivity contribution in [2.45, 2.75) is 38.4 Å². The maximum Gasteiger partial charge on any atom is 0.181 e. The van der Waals surface area contributed by atoms with Gasteiger partial charge in [-0.15, -0.1) is 0 Å². The van der Waals surface area contributed by atoms with Gasteiger partial charge in [0.1, 0.15) is 17.7 Å². The van der Waals surface area contributed by atoms with E-state index >= 15 is 0 Å². The molecule has 0 bridgehead atoms. The van der Waals surface area contributed by atoms with Gasteiger partial charge in [-0.1, -0.05) is 13.8 Å². The van der Waals surface area contributed by atoms with Crippen molar-refractivity contribution >= 4 is 25.2 Å². The van der Waals surface area contributed by atoms with Crippen molar-refractivity contribution in [2.75, 3.05) is 11.1 Å². The van der Waals surface area contributed by atoms with E-state index in [2.05, 4.69) is 33.4 Å². The van der Waals surface area contributed by atoms with Gasteiger partial charge in [0.2, 0.25) is 0 Å². The van der Waals surface area contributed by atoms with Crippen LogP contribution in [0.3, 0.4) is 0 Å². The third kappa shape index (κ3) is 2.00. The molecule has 100 valence electrons. The highest BCUT2D eigenvalue weighted by atomic mass is 28.3. The van der Waals surface area contributed by atoms with Gasteiger partial charge in [0.15, 0.2) is 13.9 Å². The molecule has 0 spiro atoms. The highest BCUT2D eigenvalue weighted by Crippen LogP contribution is 2.35. The topological polar surface area (TPSA) is 54.8 Å². The van der Waals surface area contributed by atoms with Crippen LogP contribution >= 0.6 is 0 Å². The van der Waals surface area contributed by atoms with Gasteiger partial charge >= 0.3 is 0 Å². The summed E-state index contributed by atoms with van der Waals surface area (Å²) in [5, 5.41) is 0. The Hall–Kier alpha value is -1.56. The molecule has 0 atom stereocenters. The average Bonchev–Trinajstić information content (AvgIpc) is 2.91. The van der Waals surface area contributed by atoms with Crippen molar-refractivity contribution in [3.63, 3.8) is 0 Å². The minimum atomic E-state index is -1.35. The molecule has 3 heterocycles. The lowest BCUT2D eigenvalue weighted by Crippen LogP contribution is -2.48. The molecule has 19 heavy (non-hydrogen) atoms. The van der Waals surface area contributed by atoms with E-state index in [0.29, 0.717) is 5.65 Å². The van der Waals surface area contributed by atoms with Crippen molar-refractivity contribution in [1.29, 1.82) is 0 Å². The minimum Gasteiger partial charge on any atom is -0.381 e. The summed E-state index contributed by atoms with van der Waals surface area (Å²) in [6.07, 6.45) is 6.44. The fourth-order valence-electron chi connectivity index (χ4n) is 3.18. The first-order valence-corrected chi connectivity index (χ1v) is 9.56. The number of hydrogen-bond donors (Lipinski definition) is 0. The first-order chi connectivity index (χ1) is 9.29. The van der Waals surface area contributed by atoms with Crippen LogP contribution in [-0.4, -0.2) is 34.7 Å². The second-order valence-corrected chi connectivity index (χ2v) is 10.0. The Labute approximate surface area is 114 Å². The van der Waals surface area contributed by atoms with Crippen molar-refractivity contribution < 1.29 is 0 Å². The van der Waals surface area contributed by atoms with E-state index in [-0.39, 0.29) is 0 Å². The average molecular weight is 273 g/mol. The molecular formula is C13H19N5Si. The molecule has 0 amide bonds. The number of fused-ring (bicyclic) bond motifs is 1. The Morgan fingerprint density at radius 3 is 2.84 bits per heavy atom. The molecule has 0 saturated carbocycles. The highest BCUT2D eigenvalue weighted by Gasteiger charge is 2.41. The standard InChI is InChI=1S/C13H19N5Si/c1-3-19(4-2)7-5-6-18(19)12-9-15-13-11(17-12)8-14-10-16-13/h8-10H,3-7H2,1-2H3. The van der Waals surface area contributed by atoms with Crippen LogP contribution in [0.15, 0.2) is 18.7 Å². The molecular weight excluding hydrogens is 254 g/mol. The number of anilines is 1. The number of rotatable bonds is 3. The molecule has 1 aliphatic heterocycles. The number of nitrogens with zero attached hydrogens (tertiary/aromatic N) is 5. The Morgan fingerprint density at radius 1 is 1.21 bits per heavy atom. The lowest BCUT2D eigenvalue weighted by atomic mass is 10.4. The van der Waals surface area contributed by atoms with E-state index in [0.717, 1.165) is 17.9 Å². The molecule has 5 nitrogen and oxygen atoms in total. The molecule has 0 aromatic carbocycles. The Kier molecular flexibility index (Phi) is 3.18. The predicted octanol–water partition coefficient (Wildman–Crippen LogP) is 2.62. The largest absolute Gasteiger partial charge is 0.381 e. The van der Waals surface area contributed by atoms with Crippen LogP contribution in [0.1, 0.15) is 20.3 Å². The third-order valence-corrected chi connectivity index (χ3v) is 9.91. The van der Waals surface area contributed by atoms with E-state index in [1.165, 1.54) is 30.9 Å². The van der Waals surface area contributed by atoms with Gasteiger partial charge in [-0.2, -0.15) is 0 Å². The van der Waals surface area contributed by atoms with Crippen LogP contribution in [0.25, 0.3) is 11.2 Å². The Balaban J connectivity index is 2.03. The smallest absolute Gasteiger partial charge is 0.181 e. The Morgan fingerprint density at radius 2 is 2.05 bits per heavy atom. The second kappa shape index (κ2) is 4.84. The molecule has 0 N–H and O–H groups in total. The van der Waals surface area contributed by atoms with E-state index in [4.69, 9.17) is 4.98 Å². The third-order valence-electron chi connectivity index (χ3n) is 4.40. The zero-order valence-electron chi connectivity index (χ0n) is 11.5. The zero-order chi connectivity index (χ0) is 13.3. The van der Waals surface area contributed by atoms with Crippen molar-refractivity contribution in [3.8, 4) is 0 Å². The van der Waals surface area contributed by atoms with Gasteiger partial charge in [-0.25, -0.2) is 19.9 Å². The first kappa shape index (κ1) is 12.5. The lowest BCUT2D eigenvalue weighted by molar-refractivity contribution is 0.961. The zero-order valence-corrected chi connectivity index (χ0v) is 12.5. The summed E-state index contributed by atoms with van der Waals surface area (Å²) >= 11 is 0. The van der Waals surface area contributed by atoms with Gasteiger partial charge in [0, 0.05) is 6.54 Å². The SMILES string of the molecule is CC[Si]1(CC)CCCN1c1cnc2ncncc2n1. The van der Waals surface area contributed by atoms with Crippen molar-refractivity contribution in [1.82, 2.24) is 19.9 Å². The molecule has 2 aromatic heterocycles. The molecule has 6 heteroatoms. The van der Waals surface area contributed by atoms with Crippen molar-refractivity contribution in [2.24, 2.45) is 0 Å². The summed E-state index contributed by atoms with van der Waals surface area (Å²) in [6, 6.07) is 3.95. The highest BCUT2D eigenvalue weighted by molar-refractivity contribution is 6.83. The minimum absolute atomic E-state index is 0.679. The van der Waals surface area contributed by atoms with Crippen LogP contribution in [0.4, 0.5) is 5.82 Å². The fourth-order valence-corrected chi connectivity index (χ4v) is 7.46. The molecule has 3 rings (SSSR count). The normalized spacial score (nSPS) is 18.1.